The third-order valence-corrected chi connectivity index (χ3v) is 3.09. The van der Waals surface area contributed by atoms with Gasteiger partial charge < -0.3 is 0 Å². The molecule has 0 aliphatic heterocycles. The predicted molar refractivity (Wildman–Crippen MR) is 76.9 cm³/mol. The average Bonchev–Trinajstić information content (AvgIpc) is 2.48. The zero-order valence-corrected chi connectivity index (χ0v) is 12.2. The van der Waals surface area contributed by atoms with E-state index in [0.29, 0.717) is 6.42 Å². The van der Waals surface area contributed by atoms with Crippen molar-refractivity contribution in [3.8, 4) is 0 Å². The van der Waals surface area contributed by atoms with Crippen molar-refractivity contribution >= 4 is 5.97 Å². The van der Waals surface area contributed by atoms with Crippen LogP contribution in [-0.2, 0) is 21.2 Å². The molecule has 0 N–H and O–H groups in total. The van der Waals surface area contributed by atoms with Crippen molar-refractivity contribution in [2.24, 2.45) is 0 Å². The lowest BCUT2D eigenvalue weighted by molar-refractivity contribution is -0.524. The number of unbranched alkanes of at least 4 members (excludes halogenated alkanes) is 1. The van der Waals surface area contributed by atoms with Gasteiger partial charge in [-0.15, -0.1) is 0 Å². The molecule has 0 saturated heterocycles. The molecule has 6 nitrogen and oxygen atoms in total. The van der Waals surface area contributed by atoms with Crippen molar-refractivity contribution in [3.63, 3.8) is 0 Å². The summed E-state index contributed by atoms with van der Waals surface area (Å²) in [6.07, 6.45) is 2.34. The third kappa shape index (κ3) is 7.41. The molecule has 0 heterocycles. The van der Waals surface area contributed by atoms with Crippen LogP contribution in [0.1, 0.15) is 44.6 Å². The van der Waals surface area contributed by atoms with Gasteiger partial charge in [0.2, 0.25) is 6.04 Å². The maximum Gasteiger partial charge on any atom is 0.342 e. The minimum absolute atomic E-state index is 0.00977. The molecule has 0 amide bonds. The van der Waals surface area contributed by atoms with Gasteiger partial charge in [0.05, 0.1) is 6.42 Å². The molecule has 0 spiro atoms. The van der Waals surface area contributed by atoms with Gasteiger partial charge in [0.1, 0.15) is 6.61 Å². The summed E-state index contributed by atoms with van der Waals surface area (Å²) in [7, 11) is 0. The molecule has 0 saturated carbocycles. The van der Waals surface area contributed by atoms with Crippen LogP contribution in [0.15, 0.2) is 30.3 Å². The molecule has 1 rings (SSSR count). The molecule has 0 fully saturated rings. The first-order chi connectivity index (χ1) is 10.1. The fourth-order valence-corrected chi connectivity index (χ4v) is 1.86. The quantitative estimate of drug-likeness (QED) is 0.376. The molecule has 1 aromatic carbocycles. The molecule has 6 heteroatoms. The lowest BCUT2D eigenvalue weighted by atomic mass is 10.1. The van der Waals surface area contributed by atoms with E-state index in [-0.39, 0.29) is 24.4 Å². The third-order valence-electron chi connectivity index (χ3n) is 3.09. The second kappa shape index (κ2) is 9.88. The molecule has 0 aromatic heterocycles. The zero-order chi connectivity index (χ0) is 15.5. The van der Waals surface area contributed by atoms with Crippen molar-refractivity contribution in [1.29, 1.82) is 0 Å². The number of nitro groups is 1. The predicted octanol–water partition coefficient (Wildman–Crippen LogP) is 3.28. The highest BCUT2D eigenvalue weighted by atomic mass is 17.2. The number of nitrogens with zero attached hydrogens (tertiary/aromatic N) is 1. The Morgan fingerprint density at radius 2 is 2.00 bits per heavy atom. The van der Waals surface area contributed by atoms with Crippen LogP contribution in [0.5, 0.6) is 0 Å². The molecule has 0 radical (unpaired) electrons. The van der Waals surface area contributed by atoms with Crippen LogP contribution >= 0.6 is 0 Å². The summed E-state index contributed by atoms with van der Waals surface area (Å²) >= 11 is 0. The summed E-state index contributed by atoms with van der Waals surface area (Å²) in [5, 5.41) is 10.8. The number of hydrogen-bond donors (Lipinski definition) is 0. The number of benzene rings is 1. The van der Waals surface area contributed by atoms with Gasteiger partial charge in [0, 0.05) is 17.8 Å². The topological polar surface area (TPSA) is 78.7 Å². The Morgan fingerprint density at radius 3 is 2.62 bits per heavy atom. The Balaban J connectivity index is 2.21. The van der Waals surface area contributed by atoms with Crippen molar-refractivity contribution in [1.82, 2.24) is 0 Å². The maximum atomic E-state index is 11.5. The molecular formula is C15H21NO5. The fourth-order valence-electron chi connectivity index (χ4n) is 1.86. The first kappa shape index (κ1) is 17.1. The van der Waals surface area contributed by atoms with E-state index in [1.165, 1.54) is 0 Å². The second-order valence-electron chi connectivity index (χ2n) is 4.82. The number of carbonyl (C=O) groups excluding carboxylic acids is 1. The van der Waals surface area contributed by atoms with Crippen LogP contribution in [0.3, 0.4) is 0 Å². The fraction of sp³-hybridized carbons (Fsp3) is 0.533. The monoisotopic (exact) mass is 295 g/mol. The smallest absolute Gasteiger partial charge is 0.298 e. The van der Waals surface area contributed by atoms with Crippen LogP contribution < -0.4 is 0 Å². The number of carbonyl (C=O) groups is 1. The average molecular weight is 295 g/mol. The lowest BCUT2D eigenvalue weighted by Crippen LogP contribution is -2.21. The Labute approximate surface area is 124 Å². The van der Waals surface area contributed by atoms with Gasteiger partial charge in [-0.25, -0.2) is 4.79 Å². The van der Waals surface area contributed by atoms with E-state index in [1.54, 1.807) is 0 Å². The van der Waals surface area contributed by atoms with Crippen LogP contribution in [0.4, 0.5) is 0 Å². The Hall–Kier alpha value is -1.95. The Kier molecular flexibility index (Phi) is 8.04. The molecule has 1 aromatic rings. The molecular weight excluding hydrogens is 274 g/mol. The van der Waals surface area contributed by atoms with Gasteiger partial charge in [-0.2, -0.15) is 4.89 Å². The molecule has 116 valence electrons. The number of rotatable bonds is 10. The van der Waals surface area contributed by atoms with Crippen molar-refractivity contribution in [2.45, 2.75) is 51.7 Å². The summed E-state index contributed by atoms with van der Waals surface area (Å²) in [5.74, 6) is -0.575. The minimum Gasteiger partial charge on any atom is -0.298 e. The highest BCUT2D eigenvalue weighted by molar-refractivity contribution is 5.68. The van der Waals surface area contributed by atoms with E-state index in [4.69, 9.17) is 4.89 Å². The summed E-state index contributed by atoms with van der Waals surface area (Å²) in [5.41, 5.74) is 0.886. The SMILES string of the molecule is CCCCC(CCC(=O)OOCc1ccccc1)[N+](=O)[O-]. The summed E-state index contributed by atoms with van der Waals surface area (Å²) in [6, 6.07) is 8.60. The summed E-state index contributed by atoms with van der Waals surface area (Å²) < 4.78 is 0. The first-order valence-corrected chi connectivity index (χ1v) is 7.13. The number of hydrogen-bond acceptors (Lipinski definition) is 5. The molecule has 0 aliphatic rings. The molecule has 1 atom stereocenters. The van der Waals surface area contributed by atoms with Crippen molar-refractivity contribution in [2.75, 3.05) is 0 Å². The van der Waals surface area contributed by atoms with Crippen LogP contribution in [0, 0.1) is 10.1 Å². The van der Waals surface area contributed by atoms with E-state index in [0.717, 1.165) is 18.4 Å². The van der Waals surface area contributed by atoms with E-state index >= 15 is 0 Å². The van der Waals surface area contributed by atoms with Gasteiger partial charge in [0.25, 0.3) is 0 Å². The van der Waals surface area contributed by atoms with Crippen LogP contribution in [0.2, 0.25) is 0 Å². The lowest BCUT2D eigenvalue weighted by Gasteiger charge is -2.08. The molecule has 0 aliphatic carbocycles. The Bertz CT molecular complexity index is 435. The standard InChI is InChI=1S/C15H21NO5/c1-2-3-9-14(16(18)19)10-11-15(17)21-20-12-13-7-5-4-6-8-13/h4-8,14H,2-3,9-12H2,1H3. The van der Waals surface area contributed by atoms with Crippen LogP contribution in [0.25, 0.3) is 0 Å². The normalized spacial score (nSPS) is 11.9. The van der Waals surface area contributed by atoms with Crippen molar-refractivity contribution < 1.29 is 19.5 Å². The highest BCUT2D eigenvalue weighted by Gasteiger charge is 2.21. The van der Waals surface area contributed by atoms with E-state index in [1.807, 2.05) is 37.3 Å². The van der Waals surface area contributed by atoms with E-state index in [2.05, 4.69) is 4.89 Å². The van der Waals surface area contributed by atoms with E-state index in [9.17, 15) is 14.9 Å². The largest absolute Gasteiger partial charge is 0.342 e. The van der Waals surface area contributed by atoms with Gasteiger partial charge in [-0.05, 0) is 12.0 Å². The molecule has 0 bridgehead atoms. The second-order valence-corrected chi connectivity index (χ2v) is 4.82. The summed E-state index contributed by atoms with van der Waals surface area (Å²) in [6.45, 7) is 2.14. The first-order valence-electron chi connectivity index (χ1n) is 7.13. The minimum atomic E-state index is -0.688. The highest BCUT2D eigenvalue weighted by Crippen LogP contribution is 2.11. The van der Waals surface area contributed by atoms with Gasteiger partial charge in [-0.3, -0.25) is 15.0 Å². The van der Waals surface area contributed by atoms with Crippen LogP contribution in [-0.4, -0.2) is 16.9 Å². The molecule has 1 unspecified atom stereocenters. The molecule has 21 heavy (non-hydrogen) atoms. The summed E-state index contributed by atoms with van der Waals surface area (Å²) in [4.78, 5) is 31.4. The van der Waals surface area contributed by atoms with E-state index < -0.39 is 12.0 Å². The van der Waals surface area contributed by atoms with Gasteiger partial charge in [0.15, 0.2) is 0 Å². The zero-order valence-electron chi connectivity index (χ0n) is 12.2. The van der Waals surface area contributed by atoms with Crippen molar-refractivity contribution in [3.05, 3.63) is 46.0 Å². The maximum absolute atomic E-state index is 11.5. The van der Waals surface area contributed by atoms with Gasteiger partial charge in [-0.1, -0.05) is 43.7 Å². The Morgan fingerprint density at radius 1 is 1.29 bits per heavy atom. The van der Waals surface area contributed by atoms with Gasteiger partial charge >= 0.3 is 5.97 Å².